The third-order valence-electron chi connectivity index (χ3n) is 2.72. The number of nitrogens with zero attached hydrogens (tertiary/aromatic N) is 1. The SMILES string of the molecule is COc1ccc([N+](=O)[O-])cc1S(=O)(=O)Nc1cccc(I)c1. The number of nitro benzene ring substituents is 1. The first-order valence-corrected chi connectivity index (χ1v) is 8.50. The van der Waals surface area contributed by atoms with Crippen LogP contribution in [0.15, 0.2) is 47.4 Å². The molecule has 7 nitrogen and oxygen atoms in total. The van der Waals surface area contributed by atoms with Crippen LogP contribution in [-0.4, -0.2) is 20.5 Å². The van der Waals surface area contributed by atoms with Gasteiger partial charge in [-0.1, -0.05) is 6.07 Å². The summed E-state index contributed by atoms with van der Waals surface area (Å²) >= 11 is 2.05. The number of sulfonamides is 1. The smallest absolute Gasteiger partial charge is 0.271 e. The maximum Gasteiger partial charge on any atom is 0.271 e. The molecule has 2 rings (SSSR count). The Morgan fingerprint density at radius 1 is 1.23 bits per heavy atom. The largest absolute Gasteiger partial charge is 0.495 e. The van der Waals surface area contributed by atoms with Gasteiger partial charge in [0.2, 0.25) is 0 Å². The molecule has 0 amide bonds. The highest BCUT2D eigenvalue weighted by Crippen LogP contribution is 2.29. The van der Waals surface area contributed by atoms with Crippen molar-refractivity contribution in [3.63, 3.8) is 0 Å². The second-order valence-electron chi connectivity index (χ2n) is 4.21. The summed E-state index contributed by atoms with van der Waals surface area (Å²) in [5.74, 6) is 0.0312. The summed E-state index contributed by atoms with van der Waals surface area (Å²) in [4.78, 5) is 9.88. The Labute approximate surface area is 140 Å². The van der Waals surface area contributed by atoms with Gasteiger partial charge in [0.1, 0.15) is 10.6 Å². The van der Waals surface area contributed by atoms with Gasteiger partial charge in [0.25, 0.3) is 15.7 Å². The van der Waals surface area contributed by atoms with Crippen LogP contribution in [0.2, 0.25) is 0 Å². The van der Waals surface area contributed by atoms with Crippen molar-refractivity contribution in [3.8, 4) is 5.75 Å². The lowest BCUT2D eigenvalue weighted by molar-refractivity contribution is -0.385. The van der Waals surface area contributed by atoms with Crippen LogP contribution < -0.4 is 9.46 Å². The van der Waals surface area contributed by atoms with Gasteiger partial charge >= 0.3 is 0 Å². The van der Waals surface area contributed by atoms with Gasteiger partial charge in [0, 0.05) is 21.4 Å². The molecule has 0 unspecified atom stereocenters. The number of halogens is 1. The zero-order valence-corrected chi connectivity index (χ0v) is 14.3. The van der Waals surface area contributed by atoms with E-state index >= 15 is 0 Å². The Kier molecular flexibility index (Phi) is 4.86. The molecule has 0 spiro atoms. The molecule has 0 saturated heterocycles. The van der Waals surface area contributed by atoms with Gasteiger partial charge in [-0.15, -0.1) is 0 Å². The zero-order chi connectivity index (χ0) is 16.3. The molecule has 0 atom stereocenters. The molecular weight excluding hydrogens is 423 g/mol. The standard InChI is InChI=1S/C13H11IN2O5S/c1-21-12-6-5-11(16(17)18)8-13(12)22(19,20)15-10-4-2-3-9(14)7-10/h2-8,15H,1H3. The van der Waals surface area contributed by atoms with Crippen LogP contribution in [-0.2, 0) is 10.0 Å². The molecule has 22 heavy (non-hydrogen) atoms. The van der Waals surface area contributed by atoms with Gasteiger partial charge in [-0.3, -0.25) is 14.8 Å². The van der Waals surface area contributed by atoms with Crippen molar-refractivity contribution >= 4 is 44.0 Å². The van der Waals surface area contributed by atoms with Crippen molar-refractivity contribution in [2.75, 3.05) is 11.8 Å². The Bertz CT molecular complexity index is 823. The molecule has 0 bridgehead atoms. The number of ether oxygens (including phenoxy) is 1. The van der Waals surface area contributed by atoms with Crippen molar-refractivity contribution in [1.29, 1.82) is 0 Å². The van der Waals surface area contributed by atoms with E-state index in [9.17, 15) is 18.5 Å². The van der Waals surface area contributed by atoms with Gasteiger partial charge in [-0.25, -0.2) is 8.42 Å². The topological polar surface area (TPSA) is 98.5 Å². The number of non-ortho nitro benzene ring substituents is 1. The monoisotopic (exact) mass is 434 g/mol. The van der Waals surface area contributed by atoms with Crippen LogP contribution in [0.5, 0.6) is 5.75 Å². The highest BCUT2D eigenvalue weighted by molar-refractivity contribution is 14.1. The third-order valence-corrected chi connectivity index (χ3v) is 4.80. The molecule has 2 aromatic carbocycles. The Morgan fingerprint density at radius 3 is 2.55 bits per heavy atom. The summed E-state index contributed by atoms with van der Waals surface area (Å²) in [7, 11) is -2.71. The molecule has 9 heteroatoms. The lowest BCUT2D eigenvalue weighted by Gasteiger charge is -2.11. The minimum atomic E-state index is -4.01. The van der Waals surface area contributed by atoms with Crippen molar-refractivity contribution in [1.82, 2.24) is 0 Å². The maximum atomic E-state index is 12.5. The summed E-state index contributed by atoms with van der Waals surface area (Å²) in [6.45, 7) is 0. The van der Waals surface area contributed by atoms with Crippen molar-refractivity contribution in [2.45, 2.75) is 4.90 Å². The van der Waals surface area contributed by atoms with E-state index in [0.717, 1.165) is 9.64 Å². The van der Waals surface area contributed by atoms with E-state index in [0.29, 0.717) is 5.69 Å². The predicted molar refractivity (Wildman–Crippen MR) is 89.6 cm³/mol. The first kappa shape index (κ1) is 16.5. The van der Waals surface area contributed by atoms with Gasteiger partial charge in [-0.2, -0.15) is 0 Å². The molecular formula is C13H11IN2O5S. The van der Waals surface area contributed by atoms with Gasteiger partial charge in [-0.05, 0) is 46.9 Å². The van der Waals surface area contributed by atoms with Crippen LogP contribution in [0.4, 0.5) is 11.4 Å². The molecule has 0 aliphatic heterocycles. The van der Waals surface area contributed by atoms with Crippen molar-refractivity contribution < 1.29 is 18.1 Å². The number of hydrogen-bond acceptors (Lipinski definition) is 5. The molecule has 2 aromatic rings. The molecule has 0 fully saturated rings. The number of benzene rings is 2. The maximum absolute atomic E-state index is 12.5. The first-order chi connectivity index (χ1) is 10.3. The van der Waals surface area contributed by atoms with Gasteiger partial charge < -0.3 is 4.74 Å². The van der Waals surface area contributed by atoms with E-state index in [1.807, 2.05) is 6.07 Å². The number of methoxy groups -OCH3 is 1. The summed E-state index contributed by atoms with van der Waals surface area (Å²) in [5, 5.41) is 10.8. The lowest BCUT2D eigenvalue weighted by atomic mass is 10.3. The Hall–Kier alpha value is -1.88. The number of hydrogen-bond donors (Lipinski definition) is 1. The summed E-state index contributed by atoms with van der Waals surface area (Å²) in [6.07, 6.45) is 0. The number of rotatable bonds is 5. The number of nitrogens with one attached hydrogen (secondary N) is 1. The molecule has 0 saturated carbocycles. The third kappa shape index (κ3) is 3.65. The van der Waals surface area contributed by atoms with E-state index in [4.69, 9.17) is 4.74 Å². The minimum absolute atomic E-state index is 0.0312. The van der Waals surface area contributed by atoms with Crippen LogP contribution >= 0.6 is 22.6 Å². The molecule has 0 heterocycles. The molecule has 0 aromatic heterocycles. The second-order valence-corrected chi connectivity index (χ2v) is 7.10. The predicted octanol–water partition coefficient (Wildman–Crippen LogP) is 3.01. The molecule has 0 aliphatic carbocycles. The fraction of sp³-hybridized carbons (Fsp3) is 0.0769. The fourth-order valence-electron chi connectivity index (χ4n) is 1.75. The molecule has 0 aliphatic rings. The molecule has 0 radical (unpaired) electrons. The fourth-order valence-corrected chi connectivity index (χ4v) is 3.53. The molecule has 116 valence electrons. The average Bonchev–Trinajstić information content (AvgIpc) is 2.46. The summed E-state index contributed by atoms with van der Waals surface area (Å²) in [6, 6.07) is 10.1. The zero-order valence-electron chi connectivity index (χ0n) is 11.3. The minimum Gasteiger partial charge on any atom is -0.495 e. The molecule has 1 N–H and O–H groups in total. The second kappa shape index (κ2) is 6.48. The van der Waals surface area contributed by atoms with E-state index < -0.39 is 14.9 Å². The summed E-state index contributed by atoms with van der Waals surface area (Å²) < 4.78 is 33.1. The number of nitro groups is 1. The van der Waals surface area contributed by atoms with E-state index in [-0.39, 0.29) is 16.3 Å². The first-order valence-electron chi connectivity index (χ1n) is 5.94. The highest BCUT2D eigenvalue weighted by atomic mass is 127. The van der Waals surface area contributed by atoms with Crippen LogP contribution in [0.1, 0.15) is 0 Å². The summed E-state index contributed by atoms with van der Waals surface area (Å²) in [5.41, 5.74) is 0.0317. The lowest BCUT2D eigenvalue weighted by Crippen LogP contribution is -2.14. The highest BCUT2D eigenvalue weighted by Gasteiger charge is 2.23. The quantitative estimate of drug-likeness (QED) is 0.443. The van der Waals surface area contributed by atoms with Gasteiger partial charge in [0.05, 0.1) is 12.0 Å². The number of anilines is 1. The van der Waals surface area contributed by atoms with Crippen LogP contribution in [0.3, 0.4) is 0 Å². The van der Waals surface area contributed by atoms with Crippen LogP contribution in [0.25, 0.3) is 0 Å². The normalized spacial score (nSPS) is 11.0. The van der Waals surface area contributed by atoms with Crippen LogP contribution in [0, 0.1) is 13.7 Å². The Morgan fingerprint density at radius 2 is 1.95 bits per heavy atom. The van der Waals surface area contributed by atoms with Crippen molar-refractivity contribution in [3.05, 3.63) is 56.1 Å². The van der Waals surface area contributed by atoms with E-state index in [1.54, 1.807) is 18.2 Å². The van der Waals surface area contributed by atoms with E-state index in [2.05, 4.69) is 27.3 Å². The van der Waals surface area contributed by atoms with Gasteiger partial charge in [0.15, 0.2) is 0 Å². The Balaban J connectivity index is 2.48. The van der Waals surface area contributed by atoms with E-state index in [1.165, 1.54) is 19.2 Å². The van der Waals surface area contributed by atoms with Crippen molar-refractivity contribution in [2.24, 2.45) is 0 Å². The average molecular weight is 434 g/mol.